The van der Waals surface area contributed by atoms with E-state index in [1.165, 1.54) is 11.3 Å². The van der Waals surface area contributed by atoms with E-state index >= 15 is 0 Å². The van der Waals surface area contributed by atoms with Crippen LogP contribution in [0.2, 0.25) is 0 Å². The van der Waals surface area contributed by atoms with Gasteiger partial charge in [0.15, 0.2) is 11.5 Å². The number of methoxy groups -OCH3 is 1. The minimum atomic E-state index is -0.323. The van der Waals surface area contributed by atoms with Crippen molar-refractivity contribution >= 4 is 22.4 Å². The van der Waals surface area contributed by atoms with Gasteiger partial charge in [-0.05, 0) is 42.8 Å². The number of hydrogen-bond acceptors (Lipinski definition) is 8. The van der Waals surface area contributed by atoms with Crippen LogP contribution in [0, 0.1) is 0 Å². The average molecular weight is 477 g/mol. The van der Waals surface area contributed by atoms with Crippen molar-refractivity contribution in [1.29, 1.82) is 0 Å². The number of carbonyl (C=O) groups is 1. The molecule has 2 aromatic carbocycles. The number of anilines is 1. The number of nitrogens with one attached hydrogen (secondary N) is 1. The van der Waals surface area contributed by atoms with E-state index < -0.39 is 0 Å². The third kappa shape index (κ3) is 5.94. The molecule has 0 saturated heterocycles. The molecular weight excluding hydrogens is 452 g/mol. The maximum Gasteiger partial charge on any atom is 0.257 e. The molecule has 0 radical (unpaired) electrons. The number of rotatable bonds is 10. The number of pyridine rings is 1. The Morgan fingerprint density at radius 1 is 1.00 bits per heavy atom. The molecule has 0 bridgehead atoms. The van der Waals surface area contributed by atoms with Crippen LogP contribution in [-0.4, -0.2) is 41.4 Å². The van der Waals surface area contributed by atoms with Crippen LogP contribution in [-0.2, 0) is 4.74 Å². The van der Waals surface area contributed by atoms with Gasteiger partial charge in [0.05, 0.1) is 6.61 Å². The van der Waals surface area contributed by atoms with Crippen molar-refractivity contribution in [2.75, 3.05) is 25.6 Å². The van der Waals surface area contributed by atoms with Gasteiger partial charge in [0, 0.05) is 30.6 Å². The molecule has 0 aliphatic rings. The molecule has 1 unspecified atom stereocenters. The monoisotopic (exact) mass is 476 g/mol. The summed E-state index contributed by atoms with van der Waals surface area (Å²) in [6, 6.07) is 18.6. The van der Waals surface area contributed by atoms with Gasteiger partial charge in [-0.15, -0.1) is 10.2 Å². The highest BCUT2D eigenvalue weighted by Crippen LogP contribution is 2.33. The van der Waals surface area contributed by atoms with E-state index in [9.17, 15) is 4.79 Å². The van der Waals surface area contributed by atoms with Gasteiger partial charge in [-0.3, -0.25) is 15.1 Å². The minimum absolute atomic E-state index is 0.196. The Balaban J connectivity index is 1.50. The molecule has 1 N–H and O–H groups in total. The van der Waals surface area contributed by atoms with Crippen molar-refractivity contribution < 1.29 is 19.0 Å². The van der Waals surface area contributed by atoms with Crippen LogP contribution in [0.4, 0.5) is 5.13 Å². The largest absolute Gasteiger partial charge is 0.487 e. The summed E-state index contributed by atoms with van der Waals surface area (Å²) in [5.74, 6) is 0.679. The molecule has 34 heavy (non-hydrogen) atoms. The summed E-state index contributed by atoms with van der Waals surface area (Å²) in [6.45, 7) is 2.70. The first kappa shape index (κ1) is 23.3. The molecule has 174 valence electrons. The zero-order valence-corrected chi connectivity index (χ0v) is 19.6. The normalized spacial score (nSPS) is 11.6. The summed E-state index contributed by atoms with van der Waals surface area (Å²) in [6.07, 6.45) is 3.17. The fourth-order valence-electron chi connectivity index (χ4n) is 3.13. The maximum atomic E-state index is 12.9. The third-order valence-electron chi connectivity index (χ3n) is 4.90. The second kappa shape index (κ2) is 11.4. The zero-order valence-electron chi connectivity index (χ0n) is 18.8. The lowest BCUT2D eigenvalue weighted by atomic mass is 10.1. The van der Waals surface area contributed by atoms with Gasteiger partial charge in [0.25, 0.3) is 5.91 Å². The Morgan fingerprint density at radius 2 is 1.79 bits per heavy atom. The number of nitrogens with zero attached hydrogens (tertiary/aromatic N) is 3. The number of aromatic nitrogens is 3. The van der Waals surface area contributed by atoms with Crippen LogP contribution in [0.15, 0.2) is 73.1 Å². The molecule has 8 nitrogen and oxygen atoms in total. The van der Waals surface area contributed by atoms with Crippen molar-refractivity contribution in [2.45, 2.75) is 13.0 Å². The van der Waals surface area contributed by atoms with Crippen molar-refractivity contribution in [3.63, 3.8) is 0 Å². The molecule has 2 heterocycles. The van der Waals surface area contributed by atoms with E-state index in [0.29, 0.717) is 40.4 Å². The zero-order chi connectivity index (χ0) is 23.8. The number of benzene rings is 2. The number of amides is 1. The summed E-state index contributed by atoms with van der Waals surface area (Å²) in [7, 11) is 1.60. The van der Waals surface area contributed by atoms with Crippen LogP contribution in [0.25, 0.3) is 10.6 Å². The van der Waals surface area contributed by atoms with E-state index in [-0.39, 0.29) is 12.0 Å². The fraction of sp³-hybridized carbons (Fsp3) is 0.200. The molecule has 0 fully saturated rings. The predicted molar refractivity (Wildman–Crippen MR) is 130 cm³/mol. The predicted octanol–water partition coefficient (Wildman–Crippen LogP) is 5.02. The third-order valence-corrected chi connectivity index (χ3v) is 5.78. The lowest BCUT2D eigenvalue weighted by Crippen LogP contribution is -2.13. The number of hydrogen-bond donors (Lipinski definition) is 1. The Bertz CT molecular complexity index is 1220. The van der Waals surface area contributed by atoms with Gasteiger partial charge in [0.2, 0.25) is 5.13 Å². The molecule has 4 aromatic rings. The highest BCUT2D eigenvalue weighted by Gasteiger charge is 2.17. The Kier molecular flexibility index (Phi) is 7.79. The molecule has 9 heteroatoms. The van der Waals surface area contributed by atoms with Gasteiger partial charge in [-0.25, -0.2) is 0 Å². The van der Waals surface area contributed by atoms with Gasteiger partial charge >= 0.3 is 0 Å². The standard InChI is InChI=1S/C25H24N4O4S/c1-17(18-6-4-3-5-7-18)33-21-9-8-20(16-22(21)32-15-14-31-2)23(30)27-25-29-28-24(34-25)19-10-12-26-13-11-19/h3-13,16-17H,14-15H2,1-2H3,(H,27,29,30). The molecular formula is C25H24N4O4S. The highest BCUT2D eigenvalue weighted by atomic mass is 32.1. The SMILES string of the molecule is COCCOc1cc(C(=O)Nc2nnc(-c3ccncc3)s2)ccc1OC(C)c1ccccc1. The van der Waals surface area contributed by atoms with Crippen molar-refractivity contribution in [1.82, 2.24) is 15.2 Å². The number of ether oxygens (including phenoxy) is 3. The lowest BCUT2D eigenvalue weighted by molar-refractivity contribution is 0.102. The lowest BCUT2D eigenvalue weighted by Gasteiger charge is -2.18. The van der Waals surface area contributed by atoms with E-state index in [1.54, 1.807) is 37.7 Å². The Hall–Kier alpha value is -3.82. The van der Waals surface area contributed by atoms with E-state index in [1.807, 2.05) is 49.4 Å². The summed E-state index contributed by atoms with van der Waals surface area (Å²) in [4.78, 5) is 16.9. The first-order chi connectivity index (χ1) is 16.6. The van der Waals surface area contributed by atoms with Crippen molar-refractivity contribution in [2.24, 2.45) is 0 Å². The fourth-order valence-corrected chi connectivity index (χ4v) is 3.88. The minimum Gasteiger partial charge on any atom is -0.487 e. The summed E-state index contributed by atoms with van der Waals surface area (Å²) in [5.41, 5.74) is 2.33. The summed E-state index contributed by atoms with van der Waals surface area (Å²) in [5, 5.41) is 12.1. The molecule has 2 aromatic heterocycles. The second-order valence-corrected chi connectivity index (χ2v) is 8.25. The second-order valence-electron chi connectivity index (χ2n) is 7.28. The summed E-state index contributed by atoms with van der Waals surface area (Å²) < 4.78 is 17.1. The first-order valence-corrected chi connectivity index (χ1v) is 11.5. The Labute approximate surface area is 201 Å². The van der Waals surface area contributed by atoms with Crippen LogP contribution >= 0.6 is 11.3 Å². The molecule has 1 atom stereocenters. The van der Waals surface area contributed by atoms with E-state index in [4.69, 9.17) is 14.2 Å². The highest BCUT2D eigenvalue weighted by molar-refractivity contribution is 7.18. The topological polar surface area (TPSA) is 95.5 Å². The molecule has 0 aliphatic heterocycles. The van der Waals surface area contributed by atoms with Crippen LogP contribution in [0.3, 0.4) is 0 Å². The smallest absolute Gasteiger partial charge is 0.257 e. The maximum absolute atomic E-state index is 12.9. The van der Waals surface area contributed by atoms with Crippen LogP contribution in [0.5, 0.6) is 11.5 Å². The van der Waals surface area contributed by atoms with Crippen molar-refractivity contribution in [3.05, 3.63) is 84.2 Å². The van der Waals surface area contributed by atoms with E-state index in [0.717, 1.165) is 11.1 Å². The Morgan fingerprint density at radius 3 is 2.56 bits per heavy atom. The van der Waals surface area contributed by atoms with Gasteiger partial charge in [-0.2, -0.15) is 0 Å². The molecule has 1 amide bonds. The quantitative estimate of drug-likeness (QED) is 0.321. The summed E-state index contributed by atoms with van der Waals surface area (Å²) >= 11 is 1.28. The molecule has 4 rings (SSSR count). The van der Waals surface area contributed by atoms with Crippen LogP contribution in [0.1, 0.15) is 28.9 Å². The number of carbonyl (C=O) groups excluding carboxylic acids is 1. The average Bonchev–Trinajstić information content (AvgIpc) is 3.34. The first-order valence-electron chi connectivity index (χ1n) is 10.7. The van der Waals surface area contributed by atoms with Crippen molar-refractivity contribution in [3.8, 4) is 22.1 Å². The van der Waals surface area contributed by atoms with E-state index in [2.05, 4.69) is 20.5 Å². The van der Waals surface area contributed by atoms with Gasteiger partial charge < -0.3 is 14.2 Å². The van der Waals surface area contributed by atoms with Gasteiger partial charge in [0.1, 0.15) is 17.7 Å². The molecule has 0 saturated carbocycles. The molecule has 0 spiro atoms. The van der Waals surface area contributed by atoms with Gasteiger partial charge in [-0.1, -0.05) is 41.7 Å². The van der Waals surface area contributed by atoms with Crippen LogP contribution < -0.4 is 14.8 Å². The molecule has 0 aliphatic carbocycles.